The van der Waals surface area contributed by atoms with Gasteiger partial charge in [0.05, 0.1) is 31.1 Å². The molecule has 0 N–H and O–H groups in total. The third kappa shape index (κ3) is 3.37. The summed E-state index contributed by atoms with van der Waals surface area (Å²) in [6.07, 6.45) is 3.21. The summed E-state index contributed by atoms with van der Waals surface area (Å²) in [5, 5.41) is 0.597. The highest BCUT2D eigenvalue weighted by Crippen LogP contribution is 2.33. The number of hydrogen-bond acceptors (Lipinski definition) is 4. The van der Waals surface area contributed by atoms with Crippen LogP contribution in [0.2, 0.25) is 5.02 Å². The van der Waals surface area contributed by atoms with Crippen LogP contribution in [0.1, 0.15) is 18.2 Å². The van der Waals surface area contributed by atoms with Crippen molar-refractivity contribution in [2.75, 3.05) is 7.11 Å². The summed E-state index contributed by atoms with van der Waals surface area (Å²) in [4.78, 5) is 26.6. The van der Waals surface area contributed by atoms with Crippen LogP contribution in [-0.2, 0) is 20.9 Å². The SMILES string of the molecule is COC(=O)C1=C(C)N(Cc2ccco2)C(=O)C1=Cc1ccc(Cl)cc1. The molecule has 2 aromatic rings. The Morgan fingerprint density at radius 1 is 1.28 bits per heavy atom. The maximum Gasteiger partial charge on any atom is 0.340 e. The summed E-state index contributed by atoms with van der Waals surface area (Å²) in [5.41, 5.74) is 1.85. The van der Waals surface area contributed by atoms with Gasteiger partial charge in [-0.1, -0.05) is 23.7 Å². The van der Waals surface area contributed by atoms with E-state index in [9.17, 15) is 9.59 Å². The topological polar surface area (TPSA) is 59.8 Å². The lowest BCUT2D eigenvalue weighted by Gasteiger charge is -2.16. The Morgan fingerprint density at radius 3 is 2.60 bits per heavy atom. The van der Waals surface area contributed by atoms with E-state index in [4.69, 9.17) is 20.8 Å². The lowest BCUT2D eigenvalue weighted by atomic mass is 10.0. The van der Waals surface area contributed by atoms with E-state index in [-0.39, 0.29) is 18.0 Å². The van der Waals surface area contributed by atoms with Gasteiger partial charge in [-0.3, -0.25) is 4.79 Å². The van der Waals surface area contributed by atoms with Gasteiger partial charge in [-0.15, -0.1) is 0 Å². The molecule has 0 bridgehead atoms. The number of carbonyl (C=O) groups excluding carboxylic acids is 2. The number of amides is 1. The average Bonchev–Trinajstić information content (AvgIpc) is 3.19. The molecule has 0 radical (unpaired) electrons. The van der Waals surface area contributed by atoms with Gasteiger partial charge < -0.3 is 14.1 Å². The molecule has 1 aliphatic heterocycles. The molecule has 1 aromatic carbocycles. The van der Waals surface area contributed by atoms with Crippen LogP contribution < -0.4 is 0 Å². The number of allylic oxidation sites excluding steroid dienone is 1. The number of nitrogens with zero attached hydrogens (tertiary/aromatic N) is 1. The largest absolute Gasteiger partial charge is 0.467 e. The highest BCUT2D eigenvalue weighted by Gasteiger charge is 2.37. The first-order valence-corrected chi connectivity index (χ1v) is 8.00. The molecule has 6 heteroatoms. The smallest absolute Gasteiger partial charge is 0.340 e. The van der Waals surface area contributed by atoms with E-state index in [1.807, 2.05) is 0 Å². The lowest BCUT2D eigenvalue weighted by Crippen LogP contribution is -2.24. The van der Waals surface area contributed by atoms with E-state index < -0.39 is 5.97 Å². The average molecular weight is 358 g/mol. The van der Waals surface area contributed by atoms with Crippen LogP contribution in [0.5, 0.6) is 0 Å². The second-order valence-corrected chi connectivity index (χ2v) is 5.97. The van der Waals surface area contributed by atoms with Crippen molar-refractivity contribution in [2.45, 2.75) is 13.5 Å². The van der Waals surface area contributed by atoms with Crippen molar-refractivity contribution in [1.82, 2.24) is 4.90 Å². The first-order chi connectivity index (χ1) is 12.0. The van der Waals surface area contributed by atoms with E-state index >= 15 is 0 Å². The van der Waals surface area contributed by atoms with Gasteiger partial charge in [0.2, 0.25) is 0 Å². The van der Waals surface area contributed by atoms with Crippen LogP contribution >= 0.6 is 11.6 Å². The van der Waals surface area contributed by atoms with E-state index in [0.29, 0.717) is 22.1 Å². The molecule has 1 amide bonds. The summed E-state index contributed by atoms with van der Waals surface area (Å²) in [7, 11) is 1.29. The minimum Gasteiger partial charge on any atom is -0.467 e. The van der Waals surface area contributed by atoms with Crippen LogP contribution in [0.15, 0.2) is 63.9 Å². The van der Waals surface area contributed by atoms with E-state index in [2.05, 4.69) is 0 Å². The fourth-order valence-corrected chi connectivity index (χ4v) is 2.83. The molecule has 0 aliphatic carbocycles. The lowest BCUT2D eigenvalue weighted by molar-refractivity contribution is -0.136. The number of esters is 1. The quantitative estimate of drug-likeness (QED) is 0.616. The summed E-state index contributed by atoms with van der Waals surface area (Å²) in [6, 6.07) is 10.5. The Bertz CT molecular complexity index is 863. The van der Waals surface area contributed by atoms with Gasteiger partial charge in [0.25, 0.3) is 5.91 Å². The summed E-state index contributed by atoms with van der Waals surface area (Å²) >= 11 is 5.89. The Hall–Kier alpha value is -2.79. The van der Waals surface area contributed by atoms with Crippen molar-refractivity contribution >= 4 is 29.6 Å². The zero-order chi connectivity index (χ0) is 18.0. The molecule has 0 fully saturated rings. The van der Waals surface area contributed by atoms with E-state index in [0.717, 1.165) is 5.56 Å². The van der Waals surface area contributed by atoms with E-state index in [1.165, 1.54) is 12.0 Å². The van der Waals surface area contributed by atoms with Crippen molar-refractivity contribution in [3.05, 3.63) is 75.9 Å². The first-order valence-electron chi connectivity index (χ1n) is 7.62. The number of hydrogen-bond donors (Lipinski definition) is 0. The fourth-order valence-electron chi connectivity index (χ4n) is 2.70. The number of methoxy groups -OCH3 is 1. The Balaban J connectivity index is 2.02. The predicted molar refractivity (Wildman–Crippen MR) is 93.4 cm³/mol. The van der Waals surface area contributed by atoms with Crippen molar-refractivity contribution in [2.24, 2.45) is 0 Å². The molecule has 1 aromatic heterocycles. The normalized spacial score (nSPS) is 16.0. The molecular weight excluding hydrogens is 342 g/mol. The van der Waals surface area contributed by atoms with Gasteiger partial charge in [-0.05, 0) is 42.8 Å². The van der Waals surface area contributed by atoms with Crippen LogP contribution in [0, 0.1) is 0 Å². The Morgan fingerprint density at radius 2 is 2.00 bits per heavy atom. The highest BCUT2D eigenvalue weighted by molar-refractivity contribution is 6.30. The van der Waals surface area contributed by atoms with Crippen LogP contribution in [0.4, 0.5) is 0 Å². The fraction of sp³-hybridized carbons (Fsp3) is 0.158. The van der Waals surface area contributed by atoms with Crippen molar-refractivity contribution in [3.63, 3.8) is 0 Å². The zero-order valence-corrected chi connectivity index (χ0v) is 14.5. The van der Waals surface area contributed by atoms with Gasteiger partial charge in [0.1, 0.15) is 5.76 Å². The van der Waals surface area contributed by atoms with Gasteiger partial charge in [-0.2, -0.15) is 0 Å². The minimum absolute atomic E-state index is 0.246. The van der Waals surface area contributed by atoms with Crippen molar-refractivity contribution in [3.8, 4) is 0 Å². The molecule has 5 nitrogen and oxygen atoms in total. The van der Waals surface area contributed by atoms with Gasteiger partial charge >= 0.3 is 5.97 Å². The molecular formula is C19H16ClNO4. The second-order valence-electron chi connectivity index (χ2n) is 5.53. The molecule has 25 heavy (non-hydrogen) atoms. The van der Waals surface area contributed by atoms with Gasteiger partial charge in [-0.25, -0.2) is 4.79 Å². The second kappa shape index (κ2) is 6.99. The number of benzene rings is 1. The Kier molecular flexibility index (Phi) is 4.76. The predicted octanol–water partition coefficient (Wildman–Crippen LogP) is 3.81. The van der Waals surface area contributed by atoms with Crippen molar-refractivity contribution < 1.29 is 18.7 Å². The molecule has 0 spiro atoms. The monoisotopic (exact) mass is 357 g/mol. The van der Waals surface area contributed by atoms with Crippen LogP contribution in [0.3, 0.4) is 0 Å². The van der Waals surface area contributed by atoms with Crippen LogP contribution in [0.25, 0.3) is 6.08 Å². The summed E-state index contributed by atoms with van der Waals surface area (Å²) in [6.45, 7) is 1.96. The number of carbonyl (C=O) groups is 2. The zero-order valence-electron chi connectivity index (χ0n) is 13.8. The third-order valence-electron chi connectivity index (χ3n) is 3.98. The van der Waals surface area contributed by atoms with E-state index in [1.54, 1.807) is 55.7 Å². The maximum absolute atomic E-state index is 12.9. The summed E-state index contributed by atoms with van der Waals surface area (Å²) in [5.74, 6) is -0.193. The number of rotatable bonds is 4. The maximum atomic E-state index is 12.9. The molecule has 0 unspecified atom stereocenters. The Labute approximate surface area is 150 Å². The number of ether oxygens (including phenoxy) is 1. The molecule has 1 aliphatic rings. The summed E-state index contributed by atoms with van der Waals surface area (Å²) < 4.78 is 10.2. The molecule has 128 valence electrons. The number of halogens is 1. The van der Waals surface area contributed by atoms with Crippen LogP contribution in [-0.4, -0.2) is 23.9 Å². The van der Waals surface area contributed by atoms with Crippen molar-refractivity contribution in [1.29, 1.82) is 0 Å². The number of furan rings is 1. The molecule has 3 rings (SSSR count). The molecule has 0 atom stereocenters. The highest BCUT2D eigenvalue weighted by atomic mass is 35.5. The first kappa shape index (κ1) is 17.0. The molecule has 2 heterocycles. The van der Waals surface area contributed by atoms with Gasteiger partial charge in [0, 0.05) is 10.7 Å². The minimum atomic E-state index is -0.548. The standard InChI is InChI=1S/C19H16ClNO4/c1-12-17(19(23)24-2)16(10-13-5-7-14(20)8-6-13)18(22)21(12)11-15-4-3-9-25-15/h3-10H,11H2,1-2H3. The van der Waals surface area contributed by atoms with Gasteiger partial charge in [0.15, 0.2) is 0 Å². The molecule has 0 saturated carbocycles. The third-order valence-corrected chi connectivity index (χ3v) is 4.23. The molecule has 0 saturated heterocycles.